The van der Waals surface area contributed by atoms with E-state index in [0.29, 0.717) is 15.8 Å². The summed E-state index contributed by atoms with van der Waals surface area (Å²) in [6.45, 7) is 0.269. The number of thioether (sulfide) groups is 1. The number of phenols is 1. The summed E-state index contributed by atoms with van der Waals surface area (Å²) in [6.07, 6.45) is 4.98. The molecule has 0 saturated carbocycles. The minimum Gasteiger partial charge on any atom is -0.508 e. The highest BCUT2D eigenvalue weighted by atomic mass is 32.2. The first-order valence-electron chi connectivity index (χ1n) is 8.88. The minimum atomic E-state index is -0.173. The standard InChI is InChI=1S/C22H17N3O3S/c26-18-10-8-16(9-11-18)13-20-21(27)25(15-19-7-4-12-28-19)22(29-20)24-23-14-17-5-2-1-3-6-17/h1-14,26H,15H2/b20-13-,23-14-,24-22+. The molecule has 1 fully saturated rings. The van der Waals surface area contributed by atoms with Gasteiger partial charge < -0.3 is 9.52 Å². The quantitative estimate of drug-likeness (QED) is 0.387. The maximum absolute atomic E-state index is 13.0. The first-order chi connectivity index (χ1) is 14.2. The largest absolute Gasteiger partial charge is 0.508 e. The van der Waals surface area contributed by atoms with Gasteiger partial charge in [-0.15, -0.1) is 5.10 Å². The highest BCUT2D eigenvalue weighted by molar-refractivity contribution is 8.18. The van der Waals surface area contributed by atoms with Crippen LogP contribution in [-0.2, 0) is 11.3 Å². The summed E-state index contributed by atoms with van der Waals surface area (Å²) < 4.78 is 5.39. The number of hydrogen-bond donors (Lipinski definition) is 1. The van der Waals surface area contributed by atoms with Crippen molar-refractivity contribution in [1.29, 1.82) is 0 Å². The number of aromatic hydroxyl groups is 1. The van der Waals surface area contributed by atoms with Gasteiger partial charge in [-0.3, -0.25) is 9.69 Å². The lowest BCUT2D eigenvalue weighted by molar-refractivity contribution is -0.122. The van der Waals surface area contributed by atoms with E-state index in [9.17, 15) is 9.90 Å². The maximum Gasteiger partial charge on any atom is 0.267 e. The van der Waals surface area contributed by atoms with Crippen LogP contribution in [0.4, 0.5) is 0 Å². The number of phenolic OH excluding ortho intramolecular Hbond substituents is 1. The van der Waals surface area contributed by atoms with Crippen LogP contribution in [-0.4, -0.2) is 27.3 Å². The maximum atomic E-state index is 13.0. The van der Waals surface area contributed by atoms with Crippen LogP contribution < -0.4 is 0 Å². The summed E-state index contributed by atoms with van der Waals surface area (Å²) in [6, 6.07) is 19.9. The van der Waals surface area contributed by atoms with Crippen molar-refractivity contribution in [3.63, 3.8) is 0 Å². The third kappa shape index (κ3) is 4.64. The molecule has 1 amide bonds. The van der Waals surface area contributed by atoms with Gasteiger partial charge >= 0.3 is 0 Å². The first-order valence-corrected chi connectivity index (χ1v) is 9.69. The van der Waals surface area contributed by atoms with Gasteiger partial charge in [-0.1, -0.05) is 42.5 Å². The van der Waals surface area contributed by atoms with Gasteiger partial charge in [0.15, 0.2) is 5.17 Å². The lowest BCUT2D eigenvalue weighted by Crippen LogP contribution is -2.28. The molecule has 0 radical (unpaired) electrons. The average molecular weight is 403 g/mol. The Bertz CT molecular complexity index is 1070. The van der Waals surface area contributed by atoms with Crippen molar-refractivity contribution < 1.29 is 14.3 Å². The van der Waals surface area contributed by atoms with E-state index in [1.54, 1.807) is 48.9 Å². The Morgan fingerprint density at radius 3 is 2.52 bits per heavy atom. The van der Waals surface area contributed by atoms with Gasteiger partial charge in [0.25, 0.3) is 5.91 Å². The fraction of sp³-hybridized carbons (Fsp3) is 0.0455. The van der Waals surface area contributed by atoms with Gasteiger partial charge in [0, 0.05) is 0 Å². The SMILES string of the molecule is O=C1/C(=C/c2ccc(O)cc2)S/C(=N/N=C\c2ccccc2)N1Cc1ccco1. The fourth-order valence-electron chi connectivity index (χ4n) is 2.69. The lowest BCUT2D eigenvalue weighted by atomic mass is 10.2. The number of benzene rings is 2. The van der Waals surface area contributed by atoms with Crippen LogP contribution >= 0.6 is 11.8 Å². The normalized spacial score (nSPS) is 17.1. The highest BCUT2D eigenvalue weighted by Crippen LogP contribution is 2.34. The summed E-state index contributed by atoms with van der Waals surface area (Å²) in [7, 11) is 0. The number of carbonyl (C=O) groups is 1. The Balaban J connectivity index is 1.61. The molecular weight excluding hydrogens is 386 g/mol. The molecule has 2 aromatic carbocycles. The molecule has 7 heteroatoms. The number of hydrogen-bond acceptors (Lipinski definition) is 6. The Labute approximate surface area is 171 Å². The predicted octanol–water partition coefficient (Wildman–Crippen LogP) is 4.49. The number of carbonyl (C=O) groups excluding carboxylic acids is 1. The molecule has 144 valence electrons. The van der Waals surface area contributed by atoms with Gasteiger partial charge in [-0.2, -0.15) is 5.10 Å². The molecule has 0 spiro atoms. The summed E-state index contributed by atoms with van der Waals surface area (Å²) in [4.78, 5) is 15.0. The monoisotopic (exact) mass is 403 g/mol. The van der Waals surface area contributed by atoms with Crippen LogP contribution in [0.3, 0.4) is 0 Å². The Hall–Kier alpha value is -3.58. The van der Waals surface area contributed by atoms with Crippen LogP contribution in [0.1, 0.15) is 16.9 Å². The number of amidine groups is 1. The zero-order valence-electron chi connectivity index (χ0n) is 15.3. The average Bonchev–Trinajstić information content (AvgIpc) is 3.35. The minimum absolute atomic E-state index is 0.173. The molecule has 1 saturated heterocycles. The second kappa shape index (κ2) is 8.62. The predicted molar refractivity (Wildman–Crippen MR) is 114 cm³/mol. The van der Waals surface area contributed by atoms with Crippen molar-refractivity contribution in [3.05, 3.63) is 94.8 Å². The fourth-order valence-corrected chi connectivity index (χ4v) is 3.62. The van der Waals surface area contributed by atoms with Crippen LogP contribution in [0.2, 0.25) is 0 Å². The molecule has 1 aliphatic heterocycles. The molecule has 2 heterocycles. The Morgan fingerprint density at radius 1 is 1.00 bits per heavy atom. The van der Waals surface area contributed by atoms with Crippen molar-refractivity contribution in [3.8, 4) is 5.75 Å². The molecular formula is C22H17N3O3S. The molecule has 1 aliphatic rings. The zero-order chi connectivity index (χ0) is 20.1. The Morgan fingerprint density at radius 2 is 1.79 bits per heavy atom. The van der Waals surface area contributed by atoms with Gasteiger partial charge in [0.05, 0.1) is 23.9 Å². The smallest absolute Gasteiger partial charge is 0.267 e. The zero-order valence-corrected chi connectivity index (χ0v) is 16.1. The molecule has 1 aromatic heterocycles. The second-order valence-electron chi connectivity index (χ2n) is 6.21. The summed E-state index contributed by atoms with van der Waals surface area (Å²) in [5.74, 6) is 0.659. The number of furan rings is 1. The van der Waals surface area contributed by atoms with Crippen molar-refractivity contribution in [2.75, 3.05) is 0 Å². The van der Waals surface area contributed by atoms with E-state index in [0.717, 1.165) is 11.1 Å². The first kappa shape index (κ1) is 18.8. The van der Waals surface area contributed by atoms with Crippen LogP contribution in [0.5, 0.6) is 5.75 Å². The van der Waals surface area contributed by atoms with Gasteiger partial charge in [0.2, 0.25) is 0 Å². The van der Waals surface area contributed by atoms with Crippen molar-refractivity contribution >= 4 is 35.1 Å². The molecule has 1 N–H and O–H groups in total. The topological polar surface area (TPSA) is 78.4 Å². The van der Waals surface area contributed by atoms with E-state index in [1.807, 2.05) is 36.4 Å². The van der Waals surface area contributed by atoms with E-state index >= 15 is 0 Å². The lowest BCUT2D eigenvalue weighted by Gasteiger charge is -2.12. The molecule has 3 aromatic rings. The van der Waals surface area contributed by atoms with Gasteiger partial charge in [-0.05, 0) is 53.2 Å². The molecule has 0 unspecified atom stereocenters. The van der Waals surface area contributed by atoms with Crippen molar-refractivity contribution in [2.24, 2.45) is 10.2 Å². The highest BCUT2D eigenvalue weighted by Gasteiger charge is 2.34. The molecule has 29 heavy (non-hydrogen) atoms. The van der Waals surface area contributed by atoms with Crippen molar-refractivity contribution in [2.45, 2.75) is 6.54 Å². The van der Waals surface area contributed by atoms with E-state index < -0.39 is 0 Å². The summed E-state index contributed by atoms with van der Waals surface area (Å²) >= 11 is 1.25. The number of nitrogens with zero attached hydrogens (tertiary/aromatic N) is 3. The van der Waals surface area contributed by atoms with E-state index in [1.165, 1.54) is 16.7 Å². The second-order valence-corrected chi connectivity index (χ2v) is 7.22. The van der Waals surface area contributed by atoms with E-state index in [4.69, 9.17) is 4.42 Å². The van der Waals surface area contributed by atoms with Gasteiger partial charge in [0.1, 0.15) is 11.5 Å². The molecule has 4 rings (SSSR count). The van der Waals surface area contributed by atoms with Crippen LogP contribution in [0, 0.1) is 0 Å². The van der Waals surface area contributed by atoms with Crippen LogP contribution in [0.25, 0.3) is 6.08 Å². The summed E-state index contributed by atoms with van der Waals surface area (Å²) in [5.41, 5.74) is 1.73. The molecule has 6 nitrogen and oxygen atoms in total. The molecule has 0 aliphatic carbocycles. The third-order valence-electron chi connectivity index (χ3n) is 4.12. The number of amides is 1. The third-order valence-corrected chi connectivity index (χ3v) is 5.12. The van der Waals surface area contributed by atoms with E-state index in [-0.39, 0.29) is 18.2 Å². The Kier molecular flexibility index (Phi) is 5.58. The number of rotatable bonds is 5. The van der Waals surface area contributed by atoms with E-state index in [2.05, 4.69) is 10.2 Å². The van der Waals surface area contributed by atoms with Crippen LogP contribution in [0.15, 0.2) is 92.5 Å². The van der Waals surface area contributed by atoms with Gasteiger partial charge in [-0.25, -0.2) is 0 Å². The van der Waals surface area contributed by atoms with Crippen molar-refractivity contribution in [1.82, 2.24) is 4.90 Å². The summed E-state index contributed by atoms with van der Waals surface area (Å²) in [5, 5.41) is 18.3. The molecule has 0 bridgehead atoms. The molecule has 0 atom stereocenters.